The molecular weight excluding hydrogens is 235 g/mol. The molecule has 2 atom stereocenters. The van der Waals surface area contributed by atoms with Crippen LogP contribution in [-0.2, 0) is 18.9 Å². The molecule has 0 aromatic rings. The Labute approximate surface area is 108 Å². The molecule has 0 aromatic carbocycles. The van der Waals surface area contributed by atoms with Gasteiger partial charge in [0.25, 0.3) is 11.8 Å². The van der Waals surface area contributed by atoms with Gasteiger partial charge in [-0.15, -0.1) is 0 Å². The van der Waals surface area contributed by atoms with Crippen molar-refractivity contribution in [3.63, 3.8) is 0 Å². The minimum Gasteiger partial charge on any atom is -0.393 e. The molecule has 18 heavy (non-hydrogen) atoms. The third-order valence-electron chi connectivity index (χ3n) is 2.55. The van der Waals surface area contributed by atoms with Crippen molar-refractivity contribution in [3.8, 4) is 0 Å². The summed E-state index contributed by atoms with van der Waals surface area (Å²) in [5.74, 6) is 1.11. The highest BCUT2D eigenvalue weighted by atomic mass is 16.7. The summed E-state index contributed by atoms with van der Waals surface area (Å²) >= 11 is 0. The van der Waals surface area contributed by atoms with E-state index in [1.807, 2.05) is 6.92 Å². The Morgan fingerprint density at radius 3 is 1.67 bits per heavy atom. The van der Waals surface area contributed by atoms with Crippen LogP contribution in [0.4, 0.5) is 0 Å². The number of hydrogen-bond donors (Lipinski definition) is 0. The summed E-state index contributed by atoms with van der Waals surface area (Å²) in [7, 11) is 5.81. The Morgan fingerprint density at radius 2 is 1.39 bits per heavy atom. The fraction of sp³-hybridized carbons (Fsp3) is 0.636. The van der Waals surface area contributed by atoms with Gasteiger partial charge in [0.05, 0.1) is 0 Å². The predicted molar refractivity (Wildman–Crippen MR) is 67.7 cm³/mol. The lowest BCUT2D eigenvalue weighted by Gasteiger charge is -2.22. The fourth-order valence-corrected chi connectivity index (χ4v) is 1.60. The molecule has 0 saturated carbocycles. The van der Waals surface area contributed by atoms with Gasteiger partial charge in [-0.1, -0.05) is 12.1 Å². The lowest BCUT2D eigenvalue weighted by Crippen LogP contribution is -2.47. The molecule has 0 unspecified atom stereocenters. The van der Waals surface area contributed by atoms with Crippen molar-refractivity contribution < 1.29 is 18.9 Å². The SMILES string of the molecule is C/C=C/B1O[C@@H](C(=O)N(C)C)[C@H](C(=O)N(C)C)O1. The van der Waals surface area contributed by atoms with Gasteiger partial charge in [0.2, 0.25) is 0 Å². The molecule has 1 heterocycles. The molecule has 100 valence electrons. The quantitative estimate of drug-likeness (QED) is 0.640. The van der Waals surface area contributed by atoms with Crippen LogP contribution in [0, 0.1) is 0 Å². The van der Waals surface area contributed by atoms with E-state index >= 15 is 0 Å². The number of rotatable bonds is 3. The molecule has 0 N–H and O–H groups in total. The number of amides is 2. The second kappa shape index (κ2) is 6.02. The van der Waals surface area contributed by atoms with E-state index in [1.165, 1.54) is 9.80 Å². The molecule has 0 radical (unpaired) electrons. The van der Waals surface area contributed by atoms with Crippen molar-refractivity contribution in [2.24, 2.45) is 0 Å². The zero-order valence-electron chi connectivity index (χ0n) is 11.4. The first kappa shape index (κ1) is 14.7. The van der Waals surface area contributed by atoms with Crippen LogP contribution >= 0.6 is 0 Å². The second-order valence-corrected chi connectivity index (χ2v) is 4.47. The monoisotopic (exact) mass is 254 g/mol. The van der Waals surface area contributed by atoms with Gasteiger partial charge in [0.1, 0.15) is 0 Å². The number of hydrogen-bond acceptors (Lipinski definition) is 4. The number of carbonyl (C=O) groups excluding carboxylic acids is 2. The molecule has 0 aliphatic carbocycles. The Morgan fingerprint density at radius 1 is 1.00 bits per heavy atom. The molecule has 1 saturated heterocycles. The lowest BCUT2D eigenvalue weighted by atomic mass is 9.91. The average molecular weight is 254 g/mol. The lowest BCUT2D eigenvalue weighted by molar-refractivity contribution is -0.146. The van der Waals surface area contributed by atoms with Gasteiger partial charge in [-0.05, 0) is 6.92 Å². The average Bonchev–Trinajstić information content (AvgIpc) is 2.71. The van der Waals surface area contributed by atoms with Crippen LogP contribution in [0.1, 0.15) is 6.92 Å². The van der Waals surface area contributed by atoms with Crippen LogP contribution < -0.4 is 0 Å². The third kappa shape index (κ3) is 3.11. The Balaban J connectivity index is 2.89. The van der Waals surface area contributed by atoms with Gasteiger partial charge < -0.3 is 19.1 Å². The molecule has 1 fully saturated rings. The maximum atomic E-state index is 12.0. The van der Waals surface area contributed by atoms with Gasteiger partial charge in [-0.3, -0.25) is 9.59 Å². The summed E-state index contributed by atoms with van der Waals surface area (Å²) in [4.78, 5) is 26.7. The molecule has 2 amide bonds. The van der Waals surface area contributed by atoms with Crippen molar-refractivity contribution >= 4 is 18.9 Å². The Kier molecular flexibility index (Phi) is 4.92. The number of nitrogens with zero attached hydrogens (tertiary/aromatic N) is 2. The van der Waals surface area contributed by atoms with Crippen LogP contribution in [0.3, 0.4) is 0 Å². The van der Waals surface area contributed by atoms with Gasteiger partial charge in [0, 0.05) is 28.2 Å². The maximum Gasteiger partial charge on any atom is 0.487 e. The molecule has 6 nitrogen and oxygen atoms in total. The summed E-state index contributed by atoms with van der Waals surface area (Å²) in [5.41, 5.74) is 0. The van der Waals surface area contributed by atoms with Crippen LogP contribution in [0.25, 0.3) is 0 Å². The Bertz CT molecular complexity index is 329. The Hall–Kier alpha value is -1.34. The van der Waals surface area contributed by atoms with Gasteiger partial charge in [-0.2, -0.15) is 0 Å². The first-order valence-electron chi connectivity index (χ1n) is 5.74. The van der Waals surface area contributed by atoms with Crippen molar-refractivity contribution in [1.29, 1.82) is 0 Å². The molecular formula is C11H19BN2O4. The summed E-state index contributed by atoms with van der Waals surface area (Å²) in [6, 6.07) is 0. The number of carbonyl (C=O) groups is 2. The standard InChI is InChI=1S/C11H19BN2O4/c1-6-7-12-17-8(10(15)13(2)3)9(18-12)11(16)14(4)5/h6-9H,1-5H3/b7-6+/t8-,9-/m1/s1. The van der Waals surface area contributed by atoms with Crippen molar-refractivity contribution in [2.75, 3.05) is 28.2 Å². The zero-order chi connectivity index (χ0) is 13.9. The smallest absolute Gasteiger partial charge is 0.393 e. The van der Waals surface area contributed by atoms with Crippen molar-refractivity contribution in [1.82, 2.24) is 9.80 Å². The van der Waals surface area contributed by atoms with Crippen LogP contribution in [0.15, 0.2) is 12.1 Å². The first-order valence-corrected chi connectivity index (χ1v) is 5.74. The van der Waals surface area contributed by atoms with Crippen LogP contribution in [-0.4, -0.2) is 69.1 Å². The van der Waals surface area contributed by atoms with Gasteiger partial charge in [-0.25, -0.2) is 0 Å². The molecule has 1 aliphatic heterocycles. The highest BCUT2D eigenvalue weighted by Gasteiger charge is 2.47. The van der Waals surface area contributed by atoms with Gasteiger partial charge >= 0.3 is 7.12 Å². The number of allylic oxidation sites excluding steroid dienone is 1. The normalized spacial score (nSPS) is 23.5. The van der Waals surface area contributed by atoms with E-state index in [2.05, 4.69) is 0 Å². The van der Waals surface area contributed by atoms with E-state index in [0.29, 0.717) is 0 Å². The minimum atomic E-state index is -0.893. The largest absolute Gasteiger partial charge is 0.487 e. The van der Waals surface area contributed by atoms with Crippen LogP contribution in [0.5, 0.6) is 0 Å². The summed E-state index contributed by atoms with van der Waals surface area (Å²) in [5, 5.41) is 0. The van der Waals surface area contributed by atoms with E-state index < -0.39 is 19.3 Å². The minimum absolute atomic E-state index is 0.276. The van der Waals surface area contributed by atoms with E-state index in [9.17, 15) is 9.59 Å². The fourth-order valence-electron chi connectivity index (χ4n) is 1.60. The predicted octanol–water partition coefficient (Wildman–Crippen LogP) is -0.450. The number of likely N-dealkylation sites (N-methyl/N-ethyl adjacent to an activating group) is 2. The van der Waals surface area contributed by atoms with E-state index in [1.54, 1.807) is 40.2 Å². The third-order valence-corrected chi connectivity index (χ3v) is 2.55. The van der Waals surface area contributed by atoms with E-state index in [0.717, 1.165) is 0 Å². The topological polar surface area (TPSA) is 59.1 Å². The molecule has 0 aromatic heterocycles. The molecule has 7 heteroatoms. The molecule has 0 spiro atoms. The van der Waals surface area contributed by atoms with E-state index in [4.69, 9.17) is 9.31 Å². The molecule has 0 bridgehead atoms. The van der Waals surface area contributed by atoms with Crippen molar-refractivity contribution in [3.05, 3.63) is 12.1 Å². The molecule has 1 rings (SSSR count). The summed E-state index contributed by atoms with van der Waals surface area (Å²) < 4.78 is 10.9. The zero-order valence-corrected chi connectivity index (χ0v) is 11.4. The van der Waals surface area contributed by atoms with Gasteiger partial charge in [0.15, 0.2) is 12.2 Å². The first-order chi connectivity index (χ1) is 8.38. The maximum absolute atomic E-state index is 12.0. The van der Waals surface area contributed by atoms with Crippen LogP contribution in [0.2, 0.25) is 0 Å². The summed E-state index contributed by atoms with van der Waals surface area (Å²) in [6.45, 7) is 1.82. The molecule has 1 aliphatic rings. The summed E-state index contributed by atoms with van der Waals surface area (Å²) in [6.07, 6.45) is -0.0307. The van der Waals surface area contributed by atoms with E-state index in [-0.39, 0.29) is 11.8 Å². The highest BCUT2D eigenvalue weighted by Crippen LogP contribution is 2.20. The second-order valence-electron chi connectivity index (χ2n) is 4.47. The highest BCUT2D eigenvalue weighted by molar-refractivity contribution is 6.52. The van der Waals surface area contributed by atoms with Crippen molar-refractivity contribution in [2.45, 2.75) is 19.1 Å².